The van der Waals surface area contributed by atoms with Gasteiger partial charge in [0.2, 0.25) is 5.79 Å². The molecule has 0 unspecified atom stereocenters. The van der Waals surface area contributed by atoms with Crippen molar-refractivity contribution in [2.75, 3.05) is 6.61 Å². The molecular formula is C21H31BO6. The highest BCUT2D eigenvalue weighted by Crippen LogP contribution is 2.41. The molecule has 28 heavy (non-hydrogen) atoms. The Morgan fingerprint density at radius 2 is 1.64 bits per heavy atom. The molecular weight excluding hydrogens is 359 g/mol. The molecule has 2 aliphatic rings. The van der Waals surface area contributed by atoms with Crippen LogP contribution in [0.2, 0.25) is 0 Å². The van der Waals surface area contributed by atoms with Crippen LogP contribution in [-0.2, 0) is 14.0 Å². The van der Waals surface area contributed by atoms with Gasteiger partial charge in [0.05, 0.1) is 17.8 Å². The molecule has 0 radical (unpaired) electrons. The maximum Gasteiger partial charge on any atom is 0.498 e. The van der Waals surface area contributed by atoms with E-state index in [1.54, 1.807) is 13.8 Å². The van der Waals surface area contributed by atoms with Crippen LogP contribution in [-0.4, -0.2) is 36.7 Å². The van der Waals surface area contributed by atoms with Crippen molar-refractivity contribution in [3.05, 3.63) is 17.2 Å². The summed E-state index contributed by atoms with van der Waals surface area (Å²) in [5.74, 6) is -0.653. The van der Waals surface area contributed by atoms with Crippen molar-refractivity contribution in [2.45, 2.75) is 85.2 Å². The summed E-state index contributed by atoms with van der Waals surface area (Å²) in [5, 5.41) is 0. The maximum atomic E-state index is 12.8. The van der Waals surface area contributed by atoms with Crippen molar-refractivity contribution < 1.29 is 28.3 Å². The van der Waals surface area contributed by atoms with E-state index in [9.17, 15) is 4.79 Å². The highest BCUT2D eigenvalue weighted by atomic mass is 16.7. The molecule has 0 bridgehead atoms. The van der Waals surface area contributed by atoms with Gasteiger partial charge in [-0.2, -0.15) is 0 Å². The van der Waals surface area contributed by atoms with Crippen LogP contribution in [0.5, 0.6) is 11.5 Å². The number of hydrogen-bond donors (Lipinski definition) is 0. The van der Waals surface area contributed by atoms with Crippen LogP contribution in [0.15, 0.2) is 6.07 Å². The Morgan fingerprint density at radius 3 is 2.21 bits per heavy atom. The number of cyclic esters (lactones) is 1. The number of ether oxygens (including phenoxy) is 3. The van der Waals surface area contributed by atoms with Gasteiger partial charge in [-0.15, -0.1) is 0 Å². The quantitative estimate of drug-likeness (QED) is 0.434. The molecule has 7 heteroatoms. The molecule has 0 N–H and O–H groups in total. The fourth-order valence-corrected chi connectivity index (χ4v) is 3.31. The van der Waals surface area contributed by atoms with Gasteiger partial charge in [0.1, 0.15) is 17.1 Å². The third-order valence-electron chi connectivity index (χ3n) is 5.63. The Labute approximate surface area is 168 Å². The molecule has 6 nitrogen and oxygen atoms in total. The average Bonchev–Trinajstić information content (AvgIpc) is 2.73. The van der Waals surface area contributed by atoms with Gasteiger partial charge in [-0.05, 0) is 52.7 Å². The highest BCUT2D eigenvalue weighted by molar-refractivity contribution is 6.64. The summed E-state index contributed by atoms with van der Waals surface area (Å²) in [7, 11) is -0.648. The van der Waals surface area contributed by atoms with Gasteiger partial charge in [0.15, 0.2) is 0 Å². The van der Waals surface area contributed by atoms with Crippen LogP contribution < -0.4 is 14.9 Å². The van der Waals surface area contributed by atoms with Crippen molar-refractivity contribution in [2.24, 2.45) is 0 Å². The smallest absolute Gasteiger partial charge is 0.493 e. The number of benzene rings is 1. The second-order valence-electron chi connectivity index (χ2n) is 8.99. The normalized spacial score (nSPS) is 21.7. The van der Waals surface area contributed by atoms with Crippen molar-refractivity contribution in [3.63, 3.8) is 0 Å². The zero-order valence-corrected chi connectivity index (χ0v) is 18.2. The van der Waals surface area contributed by atoms with Crippen LogP contribution in [0, 0.1) is 6.92 Å². The fourth-order valence-electron chi connectivity index (χ4n) is 3.31. The van der Waals surface area contributed by atoms with Crippen LogP contribution in [0.1, 0.15) is 77.2 Å². The predicted molar refractivity (Wildman–Crippen MR) is 107 cm³/mol. The summed E-state index contributed by atoms with van der Waals surface area (Å²) < 4.78 is 30.0. The molecule has 2 heterocycles. The topological polar surface area (TPSA) is 63.2 Å². The number of aryl methyl sites for hydroxylation is 1. The van der Waals surface area contributed by atoms with E-state index in [0.717, 1.165) is 18.4 Å². The summed E-state index contributed by atoms with van der Waals surface area (Å²) in [6, 6.07) is 1.85. The lowest BCUT2D eigenvalue weighted by atomic mass is 9.74. The number of unbranched alkanes of at least 4 members (excludes halogenated alkanes) is 1. The molecule has 0 aliphatic carbocycles. The average molecular weight is 390 g/mol. The van der Waals surface area contributed by atoms with E-state index in [1.165, 1.54) is 0 Å². The summed E-state index contributed by atoms with van der Waals surface area (Å²) in [6.07, 6.45) is 1.90. The van der Waals surface area contributed by atoms with E-state index >= 15 is 0 Å². The van der Waals surface area contributed by atoms with Gasteiger partial charge in [0, 0.05) is 19.3 Å². The molecule has 0 amide bonds. The van der Waals surface area contributed by atoms with Gasteiger partial charge < -0.3 is 23.5 Å². The molecule has 0 saturated carbocycles. The van der Waals surface area contributed by atoms with E-state index in [2.05, 4.69) is 6.92 Å². The zero-order valence-electron chi connectivity index (χ0n) is 18.2. The number of esters is 1. The van der Waals surface area contributed by atoms with E-state index < -0.39 is 30.1 Å². The second kappa shape index (κ2) is 6.96. The number of hydrogen-bond acceptors (Lipinski definition) is 6. The van der Waals surface area contributed by atoms with Crippen molar-refractivity contribution >= 4 is 18.6 Å². The van der Waals surface area contributed by atoms with Gasteiger partial charge in [-0.25, -0.2) is 4.79 Å². The lowest BCUT2D eigenvalue weighted by Crippen LogP contribution is -2.45. The fraction of sp³-hybridized carbons (Fsp3) is 0.667. The van der Waals surface area contributed by atoms with Crippen molar-refractivity contribution in [3.8, 4) is 11.5 Å². The molecule has 0 aromatic heterocycles. The largest absolute Gasteiger partial charge is 0.498 e. The number of carbonyl (C=O) groups excluding carboxylic acids is 1. The van der Waals surface area contributed by atoms with Crippen molar-refractivity contribution in [1.82, 2.24) is 0 Å². The van der Waals surface area contributed by atoms with Gasteiger partial charge >= 0.3 is 13.1 Å². The van der Waals surface area contributed by atoms with Crippen LogP contribution >= 0.6 is 0 Å². The Morgan fingerprint density at radius 1 is 1.04 bits per heavy atom. The predicted octanol–water partition coefficient (Wildman–Crippen LogP) is 3.76. The first-order valence-electron chi connectivity index (χ1n) is 9.97. The minimum absolute atomic E-state index is 0.297. The second-order valence-corrected chi connectivity index (χ2v) is 8.99. The Balaban J connectivity index is 2.12. The van der Waals surface area contributed by atoms with Crippen molar-refractivity contribution in [1.29, 1.82) is 0 Å². The third kappa shape index (κ3) is 3.62. The van der Waals surface area contributed by atoms with Crippen LogP contribution in [0.4, 0.5) is 0 Å². The highest BCUT2D eigenvalue weighted by Gasteiger charge is 2.54. The molecule has 1 saturated heterocycles. The zero-order chi connectivity index (χ0) is 20.9. The monoisotopic (exact) mass is 390 g/mol. The molecule has 1 aromatic carbocycles. The van der Waals surface area contributed by atoms with Gasteiger partial charge in [-0.1, -0.05) is 13.3 Å². The van der Waals surface area contributed by atoms with Gasteiger partial charge in [-0.3, -0.25) is 0 Å². The standard InChI is InChI=1S/C21H31BO6/c1-9-10-11-24-14-12-13(2)16(22-27-19(3,4)20(5,6)28-22)17-15(14)18(23)26-21(7,8)25-17/h12H,9-11H2,1-8H3. The first kappa shape index (κ1) is 21.0. The molecule has 3 rings (SSSR count). The Bertz CT molecular complexity index is 768. The first-order chi connectivity index (χ1) is 12.9. The Hall–Kier alpha value is -1.73. The maximum absolute atomic E-state index is 12.8. The number of carbonyl (C=O) groups is 1. The van der Waals surface area contributed by atoms with E-state index in [1.807, 2.05) is 40.7 Å². The lowest BCUT2D eigenvalue weighted by Gasteiger charge is -2.34. The number of rotatable bonds is 5. The Kier molecular flexibility index (Phi) is 5.22. The molecule has 1 aromatic rings. The number of fused-ring (bicyclic) bond motifs is 1. The molecule has 0 atom stereocenters. The van der Waals surface area contributed by atoms with Crippen LogP contribution in [0.25, 0.3) is 0 Å². The molecule has 2 aliphatic heterocycles. The SMILES string of the molecule is CCCCOc1cc(C)c(B2OC(C)(C)C(C)(C)O2)c2c1C(=O)OC(C)(C)O2. The van der Waals surface area contributed by atoms with E-state index in [0.29, 0.717) is 29.1 Å². The molecule has 1 fully saturated rings. The first-order valence-corrected chi connectivity index (χ1v) is 9.97. The summed E-state index contributed by atoms with van der Waals surface area (Å²) in [4.78, 5) is 12.8. The molecule has 0 spiro atoms. The van der Waals surface area contributed by atoms with Gasteiger partial charge in [0.25, 0.3) is 0 Å². The van der Waals surface area contributed by atoms with E-state index in [-0.39, 0.29) is 0 Å². The summed E-state index contributed by atoms with van der Waals surface area (Å²) in [6.45, 7) is 16.0. The lowest BCUT2D eigenvalue weighted by molar-refractivity contribution is -0.127. The minimum atomic E-state index is -1.09. The third-order valence-corrected chi connectivity index (χ3v) is 5.63. The summed E-state index contributed by atoms with van der Waals surface area (Å²) in [5.41, 5.74) is 0.886. The minimum Gasteiger partial charge on any atom is -0.493 e. The van der Waals surface area contributed by atoms with E-state index in [4.69, 9.17) is 23.5 Å². The van der Waals surface area contributed by atoms with Crippen LogP contribution in [0.3, 0.4) is 0 Å². The molecule has 154 valence electrons. The summed E-state index contributed by atoms with van der Waals surface area (Å²) >= 11 is 0.